The molecule has 0 fully saturated rings. The number of nitrogens with one attached hydrogen (secondary N) is 1. The fourth-order valence-electron chi connectivity index (χ4n) is 2.28. The number of anilines is 1. The summed E-state index contributed by atoms with van der Waals surface area (Å²) < 4.78 is 1.67. The van der Waals surface area contributed by atoms with E-state index in [0.717, 1.165) is 11.3 Å². The van der Waals surface area contributed by atoms with Crippen LogP contribution in [0.4, 0.5) is 5.69 Å². The van der Waals surface area contributed by atoms with E-state index in [0.29, 0.717) is 17.2 Å². The number of nitrogens with zero attached hydrogens (tertiary/aromatic N) is 1. The highest BCUT2D eigenvalue weighted by molar-refractivity contribution is 6.05. The number of amides is 1. The van der Waals surface area contributed by atoms with Gasteiger partial charge < -0.3 is 9.88 Å². The third-order valence-electron chi connectivity index (χ3n) is 3.48. The van der Waals surface area contributed by atoms with Gasteiger partial charge in [-0.15, -0.1) is 0 Å². The number of aryl methyl sites for hydroxylation is 1. The molecule has 110 valence electrons. The van der Waals surface area contributed by atoms with Gasteiger partial charge in [0.15, 0.2) is 5.78 Å². The van der Waals surface area contributed by atoms with Crippen molar-refractivity contribution < 1.29 is 9.59 Å². The van der Waals surface area contributed by atoms with Crippen molar-refractivity contribution in [2.75, 3.05) is 5.32 Å². The SMILES string of the molecule is CC(=O)c1cc(C(=O)Nc2ccccc2C(C)C)n(C)c1. The van der Waals surface area contributed by atoms with Crippen LogP contribution in [0.5, 0.6) is 0 Å². The first kappa shape index (κ1) is 15.0. The minimum atomic E-state index is -0.210. The molecule has 0 atom stereocenters. The number of hydrogen-bond donors (Lipinski definition) is 1. The molecule has 0 saturated carbocycles. The Morgan fingerprint density at radius 1 is 1.19 bits per heavy atom. The van der Waals surface area contributed by atoms with Crippen LogP contribution < -0.4 is 5.32 Å². The van der Waals surface area contributed by atoms with Crippen molar-refractivity contribution in [1.82, 2.24) is 4.57 Å². The molecule has 0 aliphatic heterocycles. The van der Waals surface area contributed by atoms with E-state index in [1.807, 2.05) is 24.3 Å². The lowest BCUT2D eigenvalue weighted by atomic mass is 10.0. The maximum absolute atomic E-state index is 12.4. The molecule has 1 N–H and O–H groups in total. The maximum atomic E-state index is 12.4. The Morgan fingerprint density at radius 2 is 1.86 bits per heavy atom. The van der Waals surface area contributed by atoms with Crippen molar-refractivity contribution >= 4 is 17.4 Å². The van der Waals surface area contributed by atoms with Crippen molar-refractivity contribution in [1.29, 1.82) is 0 Å². The molecule has 2 rings (SSSR count). The normalized spacial score (nSPS) is 10.7. The maximum Gasteiger partial charge on any atom is 0.272 e. The largest absolute Gasteiger partial charge is 0.346 e. The second kappa shape index (κ2) is 5.95. The lowest BCUT2D eigenvalue weighted by Crippen LogP contribution is -2.16. The molecule has 1 aromatic carbocycles. The molecule has 1 aromatic heterocycles. The zero-order valence-electron chi connectivity index (χ0n) is 12.8. The van der Waals surface area contributed by atoms with Crippen LogP contribution in [0, 0.1) is 0 Å². The van der Waals surface area contributed by atoms with Crippen molar-refractivity contribution in [3.8, 4) is 0 Å². The van der Waals surface area contributed by atoms with Gasteiger partial charge in [0.05, 0.1) is 0 Å². The van der Waals surface area contributed by atoms with Gasteiger partial charge in [-0.3, -0.25) is 9.59 Å². The van der Waals surface area contributed by atoms with Crippen LogP contribution in [-0.4, -0.2) is 16.3 Å². The van der Waals surface area contributed by atoms with Gasteiger partial charge in [0.2, 0.25) is 0 Å². The topological polar surface area (TPSA) is 51.1 Å². The molecule has 4 heteroatoms. The van der Waals surface area contributed by atoms with E-state index in [9.17, 15) is 9.59 Å². The number of benzene rings is 1. The summed E-state index contributed by atoms with van der Waals surface area (Å²) in [4.78, 5) is 23.8. The number of carbonyl (C=O) groups is 2. The van der Waals surface area contributed by atoms with Crippen molar-refractivity contribution in [2.24, 2.45) is 7.05 Å². The summed E-state index contributed by atoms with van der Waals surface area (Å²) in [5, 5.41) is 2.93. The molecular formula is C17H20N2O2. The molecule has 0 aliphatic rings. The fourth-order valence-corrected chi connectivity index (χ4v) is 2.28. The molecule has 4 nitrogen and oxygen atoms in total. The Bertz CT molecular complexity index is 684. The third-order valence-corrected chi connectivity index (χ3v) is 3.48. The molecule has 21 heavy (non-hydrogen) atoms. The summed E-state index contributed by atoms with van der Waals surface area (Å²) in [7, 11) is 1.76. The highest BCUT2D eigenvalue weighted by Crippen LogP contribution is 2.24. The fraction of sp³-hybridized carbons (Fsp3) is 0.294. The number of Topliss-reactive ketones (excluding diaryl/α,β-unsaturated/α-hetero) is 1. The van der Waals surface area contributed by atoms with Crippen molar-refractivity contribution in [2.45, 2.75) is 26.7 Å². The van der Waals surface area contributed by atoms with E-state index in [2.05, 4.69) is 19.2 Å². The molecule has 0 aliphatic carbocycles. The van der Waals surface area contributed by atoms with E-state index in [1.54, 1.807) is 23.9 Å². The monoisotopic (exact) mass is 284 g/mol. The van der Waals surface area contributed by atoms with Crippen LogP contribution in [0.1, 0.15) is 53.1 Å². The van der Waals surface area contributed by atoms with Gasteiger partial charge in [-0.2, -0.15) is 0 Å². The number of para-hydroxylation sites is 1. The minimum Gasteiger partial charge on any atom is -0.346 e. The van der Waals surface area contributed by atoms with Crippen LogP contribution in [0.15, 0.2) is 36.5 Å². The predicted molar refractivity (Wildman–Crippen MR) is 83.9 cm³/mol. The van der Waals surface area contributed by atoms with Gasteiger partial charge >= 0.3 is 0 Å². The van der Waals surface area contributed by atoms with E-state index in [-0.39, 0.29) is 11.7 Å². The summed E-state index contributed by atoms with van der Waals surface area (Å²) in [6.07, 6.45) is 1.67. The standard InChI is InChI=1S/C17H20N2O2/c1-11(2)14-7-5-6-8-15(14)18-17(21)16-9-13(12(3)20)10-19(16)4/h5-11H,1-4H3,(H,18,21). The van der Waals surface area contributed by atoms with Crippen LogP contribution in [0.3, 0.4) is 0 Å². The molecule has 1 heterocycles. The molecule has 2 aromatic rings. The third kappa shape index (κ3) is 3.21. The van der Waals surface area contributed by atoms with Crippen LogP contribution in [0.2, 0.25) is 0 Å². The molecule has 0 saturated heterocycles. The molecule has 1 amide bonds. The zero-order valence-corrected chi connectivity index (χ0v) is 12.8. The van der Waals surface area contributed by atoms with Crippen molar-refractivity contribution in [3.05, 3.63) is 53.3 Å². The van der Waals surface area contributed by atoms with Gasteiger partial charge in [0.1, 0.15) is 5.69 Å². The average Bonchev–Trinajstić information content (AvgIpc) is 2.81. The second-order valence-corrected chi connectivity index (χ2v) is 5.48. The number of carbonyl (C=O) groups excluding carboxylic acids is 2. The number of hydrogen-bond acceptors (Lipinski definition) is 2. The summed E-state index contributed by atoms with van der Waals surface area (Å²) in [6.45, 7) is 5.66. The Labute approximate surface area is 124 Å². The molecule has 0 radical (unpaired) electrons. The van der Waals surface area contributed by atoms with Crippen LogP contribution in [-0.2, 0) is 7.05 Å². The first-order valence-electron chi connectivity index (χ1n) is 6.97. The van der Waals surface area contributed by atoms with E-state index in [4.69, 9.17) is 0 Å². The van der Waals surface area contributed by atoms with Gasteiger partial charge in [-0.05, 0) is 30.5 Å². The molecule has 0 bridgehead atoms. The Morgan fingerprint density at radius 3 is 2.43 bits per heavy atom. The van der Waals surface area contributed by atoms with Gasteiger partial charge in [-0.1, -0.05) is 32.0 Å². The van der Waals surface area contributed by atoms with Gasteiger partial charge in [0.25, 0.3) is 5.91 Å². The Kier molecular flexibility index (Phi) is 4.26. The lowest BCUT2D eigenvalue weighted by Gasteiger charge is -2.13. The molecule has 0 unspecified atom stereocenters. The highest BCUT2D eigenvalue weighted by Gasteiger charge is 2.15. The first-order valence-corrected chi connectivity index (χ1v) is 6.97. The Balaban J connectivity index is 2.28. The second-order valence-electron chi connectivity index (χ2n) is 5.48. The van der Waals surface area contributed by atoms with Crippen LogP contribution >= 0.6 is 0 Å². The summed E-state index contributed by atoms with van der Waals surface area (Å²) >= 11 is 0. The highest BCUT2D eigenvalue weighted by atomic mass is 16.2. The van der Waals surface area contributed by atoms with E-state index in [1.165, 1.54) is 6.92 Å². The number of rotatable bonds is 4. The van der Waals surface area contributed by atoms with E-state index >= 15 is 0 Å². The van der Waals surface area contributed by atoms with E-state index < -0.39 is 0 Å². The zero-order chi connectivity index (χ0) is 15.6. The van der Waals surface area contributed by atoms with Crippen molar-refractivity contribution in [3.63, 3.8) is 0 Å². The minimum absolute atomic E-state index is 0.0489. The smallest absolute Gasteiger partial charge is 0.272 e. The van der Waals surface area contributed by atoms with Gasteiger partial charge in [-0.25, -0.2) is 0 Å². The molecule has 0 spiro atoms. The summed E-state index contributed by atoms with van der Waals surface area (Å²) in [6, 6.07) is 9.37. The summed E-state index contributed by atoms with van der Waals surface area (Å²) in [5.74, 6) is 0.0630. The lowest BCUT2D eigenvalue weighted by molar-refractivity contribution is 0.101. The average molecular weight is 284 g/mol. The predicted octanol–water partition coefficient (Wildman–Crippen LogP) is 3.60. The summed E-state index contributed by atoms with van der Waals surface area (Å²) in [5.41, 5.74) is 2.91. The first-order chi connectivity index (χ1) is 9.90. The number of aromatic nitrogens is 1. The quantitative estimate of drug-likeness (QED) is 0.872. The number of ketones is 1. The van der Waals surface area contributed by atoms with Crippen LogP contribution in [0.25, 0.3) is 0 Å². The van der Waals surface area contributed by atoms with Gasteiger partial charge in [0, 0.05) is 24.5 Å². The molecular weight excluding hydrogens is 264 g/mol. The Hall–Kier alpha value is -2.36.